The molecule has 0 bridgehead atoms. The van der Waals surface area contributed by atoms with Gasteiger partial charge in [0.1, 0.15) is 0 Å². The van der Waals surface area contributed by atoms with Crippen LogP contribution in [0.3, 0.4) is 0 Å². The third kappa shape index (κ3) is 593. The molecule has 0 N–H and O–H groups in total. The van der Waals surface area contributed by atoms with Gasteiger partial charge in [0.25, 0.3) is 0 Å². The van der Waals surface area contributed by atoms with E-state index < -0.39 is 7.25 Å². The quantitative estimate of drug-likeness (QED) is 0.356. The molecular weight excluding hydrogens is 145 g/mol. The van der Waals surface area contributed by atoms with Crippen LogP contribution in [0.1, 0.15) is 0 Å². The van der Waals surface area contributed by atoms with Crippen LogP contribution < -0.4 is 0 Å². The van der Waals surface area contributed by atoms with Crippen molar-refractivity contribution in [3.8, 4) is 0 Å². The Morgan fingerprint density at radius 2 is 0.833 bits per heavy atom. The van der Waals surface area contributed by atoms with E-state index in [0.29, 0.717) is 0 Å². The van der Waals surface area contributed by atoms with Crippen molar-refractivity contribution in [1.29, 1.82) is 0 Å². The molecule has 0 radical (unpaired) electrons. The first-order chi connectivity index (χ1) is 2.00. The molecule has 0 unspecified atom stereocenters. The molecule has 0 atom stereocenters. The summed E-state index contributed by atoms with van der Waals surface area (Å²) in [6.07, 6.45) is 0. The number of rotatable bonds is 0. The van der Waals surface area contributed by atoms with E-state index in [-0.39, 0.29) is 16.5 Å². The number of hydrogen-bond acceptors (Lipinski definition) is 0. The van der Waals surface area contributed by atoms with E-state index in [1.807, 2.05) is 0 Å². The summed E-state index contributed by atoms with van der Waals surface area (Å²) in [7, 11) is -6.00. The van der Waals surface area contributed by atoms with Gasteiger partial charge in [-0.2, -0.15) is 0 Å². The van der Waals surface area contributed by atoms with Gasteiger partial charge in [0.2, 0.25) is 0 Å². The summed E-state index contributed by atoms with van der Waals surface area (Å²) in [4.78, 5) is 0. The smallest absolute Gasteiger partial charge is 0.418 e. The molecule has 6 heavy (non-hydrogen) atoms. The van der Waals surface area contributed by atoms with E-state index in [4.69, 9.17) is 0 Å². The average molecular weight is 145 g/mol. The predicted molar refractivity (Wildman–Crippen MR) is 10.2 cm³/mol. The molecule has 0 aliphatic carbocycles. The summed E-state index contributed by atoms with van der Waals surface area (Å²) in [6.45, 7) is 0. The van der Waals surface area contributed by atoms with Gasteiger partial charge in [-0.1, -0.05) is 0 Å². The van der Waals surface area contributed by atoms with E-state index in [9.17, 15) is 17.3 Å². The number of hydrogen-bond donors (Lipinski definition) is 0. The summed E-state index contributed by atoms with van der Waals surface area (Å²) >= 11 is 0. The molecule has 6 heteroatoms. The molecule has 0 fully saturated rings. The molecule has 0 rings (SSSR count). The second-order valence-corrected chi connectivity index (χ2v) is 0.495. The van der Waals surface area contributed by atoms with Gasteiger partial charge >= 0.3 is 23.7 Å². The molecule has 0 aromatic rings. The van der Waals surface area contributed by atoms with Gasteiger partial charge in [-0.3, -0.25) is 0 Å². The maximum atomic E-state index is 9.75. The van der Waals surface area contributed by atoms with Crippen molar-refractivity contribution in [1.82, 2.24) is 0 Å². The first-order valence-electron chi connectivity index (χ1n) is 0.873. The Bertz CT molecular complexity index is 23.0. The van der Waals surface area contributed by atoms with Crippen molar-refractivity contribution in [3.05, 3.63) is 0 Å². The van der Waals surface area contributed by atoms with Crippen molar-refractivity contribution in [2.24, 2.45) is 0 Å². The van der Waals surface area contributed by atoms with Gasteiger partial charge < -0.3 is 17.3 Å². The molecule has 0 aliphatic heterocycles. The van der Waals surface area contributed by atoms with Crippen molar-refractivity contribution in [3.63, 3.8) is 0 Å². The van der Waals surface area contributed by atoms with E-state index in [0.717, 1.165) is 0 Å². The minimum absolute atomic E-state index is 0. The Balaban J connectivity index is 0. The van der Waals surface area contributed by atoms with Crippen LogP contribution in [0.2, 0.25) is 0 Å². The second kappa shape index (κ2) is 2.45. The van der Waals surface area contributed by atoms with Crippen LogP contribution in [0.5, 0.6) is 0 Å². The van der Waals surface area contributed by atoms with Gasteiger partial charge in [-0.25, -0.2) is 0 Å². The van der Waals surface area contributed by atoms with Crippen molar-refractivity contribution >= 4 is 7.25 Å². The van der Waals surface area contributed by atoms with Crippen LogP contribution in [0, 0.1) is 0 Å². The average Bonchev–Trinajstić information content (AvgIpc) is 0.722. The fourth-order valence-electron chi connectivity index (χ4n) is 0. The van der Waals surface area contributed by atoms with Gasteiger partial charge in [0, 0.05) is 0 Å². The fraction of sp³-hybridized carbons (Fsp3) is 0. The van der Waals surface area contributed by atoms with Gasteiger partial charge in [0.05, 0.1) is 0 Å². The molecule has 0 nitrogen and oxygen atoms in total. The maximum Gasteiger partial charge on any atom is 2.00 e. The third-order valence-corrected chi connectivity index (χ3v) is 0. The zero-order chi connectivity index (χ0) is 4.50. The molecule has 0 saturated heterocycles. The normalized spacial score (nSPS) is 10.0. The molecule has 0 spiro atoms. The fourth-order valence-corrected chi connectivity index (χ4v) is 0. The largest absolute Gasteiger partial charge is 2.00 e. The van der Waals surface area contributed by atoms with E-state index in [1.165, 1.54) is 0 Å². The summed E-state index contributed by atoms with van der Waals surface area (Å²) < 4.78 is 39.0. The Labute approximate surface area is 41.9 Å². The van der Waals surface area contributed by atoms with Crippen LogP contribution in [-0.4, -0.2) is 7.25 Å². The zero-order valence-corrected chi connectivity index (χ0v) is 3.39. The number of halogens is 4. The molecule has 0 heterocycles. The second-order valence-electron chi connectivity index (χ2n) is 0.495. The van der Waals surface area contributed by atoms with Gasteiger partial charge in [-0.05, 0) is 0 Å². The Morgan fingerprint density at radius 3 is 0.833 bits per heavy atom. The van der Waals surface area contributed by atoms with Gasteiger partial charge in [0.15, 0.2) is 0 Å². The molecule has 0 aliphatic rings. The van der Waals surface area contributed by atoms with Crippen molar-refractivity contribution < 1.29 is 33.8 Å². The minimum atomic E-state index is -6.00. The van der Waals surface area contributed by atoms with Crippen LogP contribution in [0.15, 0.2) is 0 Å². The van der Waals surface area contributed by atoms with E-state index in [1.54, 1.807) is 0 Å². The van der Waals surface area contributed by atoms with Gasteiger partial charge in [-0.15, -0.1) is 0 Å². The Hall–Kier alpha value is 0.278. The first kappa shape index (κ1) is 9.56. The van der Waals surface area contributed by atoms with Crippen LogP contribution in [-0.2, 0) is 16.5 Å². The van der Waals surface area contributed by atoms with E-state index >= 15 is 0 Å². The van der Waals surface area contributed by atoms with Crippen LogP contribution in [0.4, 0.5) is 17.3 Å². The summed E-state index contributed by atoms with van der Waals surface area (Å²) in [5.41, 5.74) is 0. The summed E-state index contributed by atoms with van der Waals surface area (Å²) in [5.74, 6) is 0. The SMILES string of the molecule is F[B-](F)(F)F.[Ni+2]. The van der Waals surface area contributed by atoms with E-state index in [2.05, 4.69) is 0 Å². The third-order valence-electron chi connectivity index (χ3n) is 0. The minimum Gasteiger partial charge on any atom is -0.418 e. The zero-order valence-electron chi connectivity index (χ0n) is 2.41. The van der Waals surface area contributed by atoms with Crippen molar-refractivity contribution in [2.45, 2.75) is 0 Å². The molecule has 0 amide bonds. The molecular formula is BF4Ni+. The summed E-state index contributed by atoms with van der Waals surface area (Å²) in [6, 6.07) is 0. The van der Waals surface area contributed by atoms with Crippen LogP contribution in [0.25, 0.3) is 0 Å². The summed E-state index contributed by atoms with van der Waals surface area (Å²) in [5, 5.41) is 0. The predicted octanol–water partition coefficient (Wildman–Crippen LogP) is 1.30. The monoisotopic (exact) mass is 145 g/mol. The molecule has 0 aromatic carbocycles. The van der Waals surface area contributed by atoms with Crippen LogP contribution >= 0.6 is 0 Å². The standard InChI is InChI=1S/BF4.Ni/c2-1(3,4)5;/q-1;+2. The maximum absolute atomic E-state index is 9.75. The first-order valence-corrected chi connectivity index (χ1v) is 0.873. The molecule has 40 valence electrons. The Kier molecular flexibility index (Phi) is 3.90. The van der Waals surface area contributed by atoms with Crippen molar-refractivity contribution in [2.75, 3.05) is 0 Å². The Morgan fingerprint density at radius 1 is 0.833 bits per heavy atom. The molecule has 0 saturated carbocycles. The topological polar surface area (TPSA) is 0 Å². The molecule has 0 aromatic heterocycles.